The summed E-state index contributed by atoms with van der Waals surface area (Å²) in [6, 6.07) is 5.86. The summed E-state index contributed by atoms with van der Waals surface area (Å²) in [6.45, 7) is 2.73. The molecule has 1 saturated heterocycles. The zero-order chi connectivity index (χ0) is 18.7. The number of amides is 1. The minimum Gasteiger partial charge on any atom is -0.490 e. The summed E-state index contributed by atoms with van der Waals surface area (Å²) < 4.78 is 24.0. The molecular weight excluding hydrogens is 341 g/mol. The SMILES string of the molecule is Cc1coc(CC(=O)O)c1C(=O)N1CCC(Oc2ccc(F)cc2)CC1. The maximum absolute atomic E-state index is 12.9. The van der Waals surface area contributed by atoms with Crippen molar-refractivity contribution in [2.24, 2.45) is 0 Å². The van der Waals surface area contributed by atoms with E-state index in [0.717, 1.165) is 0 Å². The van der Waals surface area contributed by atoms with E-state index in [-0.39, 0.29) is 30.0 Å². The molecule has 0 spiro atoms. The van der Waals surface area contributed by atoms with Gasteiger partial charge in [0.15, 0.2) is 0 Å². The molecule has 1 N–H and O–H groups in total. The maximum Gasteiger partial charge on any atom is 0.311 e. The Balaban J connectivity index is 1.61. The number of aliphatic carboxylic acids is 1. The number of carboxylic acid groups (broad SMARTS) is 1. The van der Waals surface area contributed by atoms with E-state index >= 15 is 0 Å². The Morgan fingerprint density at radius 3 is 2.54 bits per heavy atom. The van der Waals surface area contributed by atoms with Gasteiger partial charge in [-0.3, -0.25) is 9.59 Å². The van der Waals surface area contributed by atoms with E-state index in [1.165, 1.54) is 18.4 Å². The highest BCUT2D eigenvalue weighted by Gasteiger charge is 2.29. The van der Waals surface area contributed by atoms with E-state index in [1.54, 1.807) is 24.0 Å². The predicted molar refractivity (Wildman–Crippen MR) is 90.7 cm³/mol. The second-order valence-electron chi connectivity index (χ2n) is 6.35. The van der Waals surface area contributed by atoms with Crippen molar-refractivity contribution in [1.29, 1.82) is 0 Å². The van der Waals surface area contributed by atoms with Gasteiger partial charge in [0.1, 0.15) is 29.9 Å². The van der Waals surface area contributed by atoms with Gasteiger partial charge in [-0.2, -0.15) is 0 Å². The Morgan fingerprint density at radius 2 is 1.92 bits per heavy atom. The summed E-state index contributed by atoms with van der Waals surface area (Å²) in [5.41, 5.74) is 0.973. The zero-order valence-corrected chi connectivity index (χ0v) is 14.4. The van der Waals surface area contributed by atoms with Gasteiger partial charge in [0.05, 0.1) is 11.8 Å². The first-order chi connectivity index (χ1) is 12.4. The first-order valence-electron chi connectivity index (χ1n) is 8.44. The molecular formula is C19H20FNO5. The molecule has 1 aromatic carbocycles. The molecule has 0 radical (unpaired) electrons. The number of hydrogen-bond acceptors (Lipinski definition) is 4. The van der Waals surface area contributed by atoms with Gasteiger partial charge >= 0.3 is 5.97 Å². The fraction of sp³-hybridized carbons (Fsp3) is 0.368. The molecule has 1 fully saturated rings. The van der Waals surface area contributed by atoms with Crippen LogP contribution in [-0.4, -0.2) is 41.1 Å². The second kappa shape index (κ2) is 7.59. The van der Waals surface area contributed by atoms with Crippen LogP contribution in [0.2, 0.25) is 0 Å². The minimum absolute atomic E-state index is 0.0477. The lowest BCUT2D eigenvalue weighted by Crippen LogP contribution is -2.42. The number of carbonyl (C=O) groups is 2. The number of benzene rings is 1. The molecule has 0 unspecified atom stereocenters. The molecule has 6 nitrogen and oxygen atoms in total. The summed E-state index contributed by atoms with van der Waals surface area (Å²) in [5, 5.41) is 8.96. The Labute approximate surface area is 150 Å². The van der Waals surface area contributed by atoms with E-state index < -0.39 is 5.97 Å². The van der Waals surface area contributed by atoms with E-state index in [1.807, 2.05) is 0 Å². The van der Waals surface area contributed by atoms with Crippen LogP contribution in [0.1, 0.15) is 34.5 Å². The lowest BCUT2D eigenvalue weighted by Gasteiger charge is -2.32. The standard InChI is InChI=1S/C19H20FNO5/c1-12-11-25-16(10-17(22)23)18(12)19(24)21-8-6-15(7-9-21)26-14-4-2-13(20)3-5-14/h2-5,11,15H,6-10H2,1H3,(H,22,23). The lowest BCUT2D eigenvalue weighted by molar-refractivity contribution is -0.136. The van der Waals surface area contributed by atoms with Crippen molar-refractivity contribution in [3.8, 4) is 5.75 Å². The third-order valence-electron chi connectivity index (χ3n) is 4.42. The molecule has 1 aliphatic rings. The molecule has 138 valence electrons. The molecule has 2 heterocycles. The third-order valence-corrected chi connectivity index (χ3v) is 4.42. The largest absolute Gasteiger partial charge is 0.490 e. The molecule has 3 rings (SSSR count). The van der Waals surface area contributed by atoms with Crippen LogP contribution >= 0.6 is 0 Å². The van der Waals surface area contributed by atoms with Crippen molar-refractivity contribution in [1.82, 2.24) is 4.90 Å². The zero-order valence-electron chi connectivity index (χ0n) is 14.4. The Bertz CT molecular complexity index is 791. The Morgan fingerprint density at radius 1 is 1.27 bits per heavy atom. The van der Waals surface area contributed by atoms with E-state index in [0.29, 0.717) is 42.8 Å². The molecule has 26 heavy (non-hydrogen) atoms. The molecule has 1 amide bonds. The van der Waals surface area contributed by atoms with Crippen LogP contribution in [0, 0.1) is 12.7 Å². The van der Waals surface area contributed by atoms with Crippen molar-refractivity contribution in [3.63, 3.8) is 0 Å². The highest BCUT2D eigenvalue weighted by molar-refractivity contribution is 5.97. The number of carboxylic acids is 1. The molecule has 7 heteroatoms. The number of rotatable bonds is 5. The number of ether oxygens (including phenoxy) is 1. The van der Waals surface area contributed by atoms with Crippen molar-refractivity contribution in [3.05, 3.63) is 53.2 Å². The summed E-state index contributed by atoms with van der Waals surface area (Å²) in [6.07, 6.45) is 2.34. The van der Waals surface area contributed by atoms with Crippen LogP contribution in [0.15, 0.2) is 34.9 Å². The van der Waals surface area contributed by atoms with Gasteiger partial charge in [0, 0.05) is 31.5 Å². The van der Waals surface area contributed by atoms with Crippen molar-refractivity contribution in [2.45, 2.75) is 32.3 Å². The Hall–Kier alpha value is -2.83. The molecule has 2 aromatic rings. The third kappa shape index (κ3) is 4.04. The van der Waals surface area contributed by atoms with Crippen molar-refractivity contribution in [2.75, 3.05) is 13.1 Å². The predicted octanol–water partition coefficient (Wildman–Crippen LogP) is 3.04. The van der Waals surface area contributed by atoms with Gasteiger partial charge in [-0.1, -0.05) is 0 Å². The number of carbonyl (C=O) groups excluding carboxylic acids is 1. The molecule has 0 saturated carbocycles. The van der Waals surface area contributed by atoms with Crippen LogP contribution in [0.5, 0.6) is 5.75 Å². The first-order valence-corrected chi connectivity index (χ1v) is 8.44. The molecule has 1 aromatic heterocycles. The van der Waals surface area contributed by atoms with Crippen LogP contribution in [0.25, 0.3) is 0 Å². The summed E-state index contributed by atoms with van der Waals surface area (Å²) in [5.74, 6) is -0.784. The minimum atomic E-state index is -1.04. The number of piperidine rings is 1. The van der Waals surface area contributed by atoms with Gasteiger partial charge in [-0.05, 0) is 31.2 Å². The topological polar surface area (TPSA) is 80.0 Å². The van der Waals surface area contributed by atoms with Gasteiger partial charge in [-0.25, -0.2) is 4.39 Å². The normalized spacial score (nSPS) is 15.1. The fourth-order valence-electron chi connectivity index (χ4n) is 3.09. The molecule has 0 atom stereocenters. The van der Waals surface area contributed by atoms with E-state index in [2.05, 4.69) is 0 Å². The van der Waals surface area contributed by atoms with Gasteiger partial charge in [0.25, 0.3) is 5.91 Å². The maximum atomic E-state index is 12.9. The number of hydrogen-bond donors (Lipinski definition) is 1. The lowest BCUT2D eigenvalue weighted by atomic mass is 10.0. The number of likely N-dealkylation sites (tertiary alicyclic amines) is 1. The highest BCUT2D eigenvalue weighted by atomic mass is 19.1. The van der Waals surface area contributed by atoms with Gasteiger partial charge in [0.2, 0.25) is 0 Å². The Kier molecular flexibility index (Phi) is 5.25. The summed E-state index contributed by atoms with van der Waals surface area (Å²) >= 11 is 0. The fourth-order valence-corrected chi connectivity index (χ4v) is 3.09. The van der Waals surface area contributed by atoms with E-state index in [4.69, 9.17) is 14.3 Å². The number of aryl methyl sites for hydroxylation is 1. The van der Waals surface area contributed by atoms with Crippen LogP contribution in [0.3, 0.4) is 0 Å². The number of halogens is 1. The second-order valence-corrected chi connectivity index (χ2v) is 6.35. The average Bonchev–Trinajstić information content (AvgIpc) is 2.96. The van der Waals surface area contributed by atoms with Gasteiger partial charge in [-0.15, -0.1) is 0 Å². The smallest absolute Gasteiger partial charge is 0.311 e. The van der Waals surface area contributed by atoms with E-state index in [9.17, 15) is 14.0 Å². The highest BCUT2D eigenvalue weighted by Crippen LogP contribution is 2.24. The van der Waals surface area contributed by atoms with Gasteiger partial charge < -0.3 is 19.2 Å². The van der Waals surface area contributed by atoms with Crippen LogP contribution < -0.4 is 4.74 Å². The molecule has 1 aliphatic heterocycles. The summed E-state index contributed by atoms with van der Waals surface area (Å²) in [7, 11) is 0. The molecule has 0 bridgehead atoms. The van der Waals surface area contributed by atoms with Crippen LogP contribution in [-0.2, 0) is 11.2 Å². The van der Waals surface area contributed by atoms with Crippen molar-refractivity contribution >= 4 is 11.9 Å². The molecule has 0 aliphatic carbocycles. The average molecular weight is 361 g/mol. The number of nitrogens with zero attached hydrogens (tertiary/aromatic N) is 1. The monoisotopic (exact) mass is 361 g/mol. The quantitative estimate of drug-likeness (QED) is 0.885. The first kappa shape index (κ1) is 18.0. The number of furan rings is 1. The van der Waals surface area contributed by atoms with Crippen LogP contribution in [0.4, 0.5) is 4.39 Å². The summed E-state index contributed by atoms with van der Waals surface area (Å²) in [4.78, 5) is 25.4. The van der Waals surface area contributed by atoms with Crippen molar-refractivity contribution < 1.29 is 28.2 Å².